The van der Waals surface area contributed by atoms with E-state index in [1.807, 2.05) is 41.3 Å². The van der Waals surface area contributed by atoms with Crippen molar-refractivity contribution in [2.75, 3.05) is 36.4 Å². The first-order valence-electron chi connectivity index (χ1n) is 9.27. The minimum Gasteiger partial charge on any atom is -0.366 e. The molecule has 4 rings (SSSR count). The molecule has 27 heavy (non-hydrogen) atoms. The number of benzene rings is 2. The Bertz CT molecular complexity index is 834. The maximum Gasteiger partial charge on any atom is 0.228 e. The Morgan fingerprint density at radius 1 is 0.889 bits per heavy atom. The molecule has 2 fully saturated rings. The van der Waals surface area contributed by atoms with Gasteiger partial charge in [0, 0.05) is 31.9 Å². The highest BCUT2D eigenvalue weighted by molar-refractivity contribution is 5.99. The van der Waals surface area contributed by atoms with E-state index in [4.69, 9.17) is 0 Å². The lowest BCUT2D eigenvalue weighted by Gasteiger charge is -2.36. The summed E-state index contributed by atoms with van der Waals surface area (Å²) < 4.78 is 13.9. The van der Waals surface area contributed by atoms with Crippen LogP contribution in [-0.4, -0.2) is 42.9 Å². The zero-order valence-electron chi connectivity index (χ0n) is 15.0. The Kier molecular flexibility index (Phi) is 4.79. The van der Waals surface area contributed by atoms with Crippen molar-refractivity contribution in [3.8, 4) is 0 Å². The number of amides is 2. The maximum absolute atomic E-state index is 13.9. The zero-order chi connectivity index (χ0) is 18.8. The molecule has 1 heterocycles. The number of nitrogens with one attached hydrogen (secondary N) is 1. The molecular weight excluding hydrogens is 345 g/mol. The molecule has 2 atom stereocenters. The number of rotatable bonds is 4. The van der Waals surface area contributed by atoms with Crippen molar-refractivity contribution in [1.82, 2.24) is 4.90 Å². The normalized spacial score (nSPS) is 21.7. The Balaban J connectivity index is 1.29. The average Bonchev–Trinajstić information content (AvgIpc) is 3.50. The smallest absolute Gasteiger partial charge is 0.228 e. The number of hydrogen-bond donors (Lipinski definition) is 1. The van der Waals surface area contributed by atoms with Gasteiger partial charge in [-0.1, -0.05) is 30.3 Å². The van der Waals surface area contributed by atoms with E-state index >= 15 is 0 Å². The van der Waals surface area contributed by atoms with Crippen molar-refractivity contribution in [1.29, 1.82) is 0 Å². The molecule has 2 aliphatic rings. The first kappa shape index (κ1) is 17.5. The van der Waals surface area contributed by atoms with Gasteiger partial charge in [-0.2, -0.15) is 0 Å². The molecule has 1 aliphatic carbocycles. The van der Waals surface area contributed by atoms with E-state index in [-0.39, 0.29) is 29.5 Å². The van der Waals surface area contributed by atoms with Crippen molar-refractivity contribution in [3.63, 3.8) is 0 Å². The zero-order valence-corrected chi connectivity index (χ0v) is 15.0. The van der Waals surface area contributed by atoms with Crippen LogP contribution in [0.25, 0.3) is 0 Å². The number of nitrogens with zero attached hydrogens (tertiary/aromatic N) is 2. The average molecular weight is 367 g/mol. The van der Waals surface area contributed by atoms with Crippen molar-refractivity contribution < 1.29 is 14.0 Å². The van der Waals surface area contributed by atoms with Crippen molar-refractivity contribution in [2.45, 2.75) is 6.42 Å². The van der Waals surface area contributed by atoms with Crippen LogP contribution in [0.15, 0.2) is 54.6 Å². The third-order valence-corrected chi connectivity index (χ3v) is 5.27. The minimum atomic E-state index is -0.248. The van der Waals surface area contributed by atoms with Gasteiger partial charge in [0.15, 0.2) is 0 Å². The highest BCUT2D eigenvalue weighted by Gasteiger charge is 2.49. The van der Waals surface area contributed by atoms with Gasteiger partial charge in [0.25, 0.3) is 0 Å². The monoisotopic (exact) mass is 367 g/mol. The Hall–Kier alpha value is -2.89. The van der Waals surface area contributed by atoms with E-state index in [1.165, 1.54) is 6.07 Å². The predicted octanol–water partition coefficient (Wildman–Crippen LogP) is 2.75. The molecule has 2 aromatic carbocycles. The lowest BCUT2D eigenvalue weighted by atomic mass is 10.2. The summed E-state index contributed by atoms with van der Waals surface area (Å²) in [5.41, 5.74) is 1.33. The van der Waals surface area contributed by atoms with Gasteiger partial charge in [0.2, 0.25) is 11.8 Å². The molecule has 1 aliphatic heterocycles. The summed E-state index contributed by atoms with van der Waals surface area (Å²) in [6.07, 6.45) is 0.602. The number of para-hydroxylation sites is 2. The molecule has 1 saturated heterocycles. The van der Waals surface area contributed by atoms with Crippen LogP contribution in [0.5, 0.6) is 0 Å². The van der Waals surface area contributed by atoms with E-state index < -0.39 is 0 Å². The van der Waals surface area contributed by atoms with E-state index in [1.54, 1.807) is 17.0 Å². The number of piperazine rings is 1. The largest absolute Gasteiger partial charge is 0.366 e. The third kappa shape index (κ3) is 3.79. The van der Waals surface area contributed by atoms with Crippen LogP contribution >= 0.6 is 0 Å². The standard InChI is InChI=1S/C21H22FN3O2/c22-18-8-4-5-9-19(18)24-10-12-25(13-11-24)21(27)17-14-16(17)20(26)23-15-6-2-1-3-7-15/h1-9,16-17H,10-14H2,(H,23,26). The van der Waals surface area contributed by atoms with Gasteiger partial charge in [-0.25, -0.2) is 4.39 Å². The summed E-state index contributed by atoms with van der Waals surface area (Å²) in [5, 5.41) is 2.87. The molecule has 5 nitrogen and oxygen atoms in total. The second kappa shape index (κ2) is 7.39. The van der Waals surface area contributed by atoms with Crippen molar-refractivity contribution in [3.05, 3.63) is 60.4 Å². The summed E-state index contributed by atoms with van der Waals surface area (Å²) in [7, 11) is 0. The van der Waals surface area contributed by atoms with Gasteiger partial charge in [-0.3, -0.25) is 9.59 Å². The van der Waals surface area contributed by atoms with Gasteiger partial charge >= 0.3 is 0 Å². The third-order valence-electron chi connectivity index (χ3n) is 5.27. The fourth-order valence-corrected chi connectivity index (χ4v) is 3.62. The van der Waals surface area contributed by atoms with Gasteiger partial charge in [-0.05, 0) is 30.7 Å². The summed E-state index contributed by atoms with van der Waals surface area (Å²) >= 11 is 0. The van der Waals surface area contributed by atoms with Gasteiger partial charge in [0.1, 0.15) is 5.82 Å². The first-order valence-corrected chi connectivity index (χ1v) is 9.27. The van der Waals surface area contributed by atoms with Gasteiger partial charge < -0.3 is 15.1 Å². The topological polar surface area (TPSA) is 52.7 Å². The van der Waals surface area contributed by atoms with Crippen molar-refractivity contribution in [2.24, 2.45) is 11.8 Å². The summed E-state index contributed by atoms with van der Waals surface area (Å²) in [6, 6.07) is 16.0. The highest BCUT2D eigenvalue weighted by atomic mass is 19.1. The highest BCUT2D eigenvalue weighted by Crippen LogP contribution is 2.41. The molecule has 2 amide bonds. The van der Waals surface area contributed by atoms with E-state index in [0.717, 1.165) is 5.69 Å². The Labute approximate surface area is 157 Å². The Morgan fingerprint density at radius 3 is 2.26 bits per heavy atom. The van der Waals surface area contributed by atoms with E-state index in [9.17, 15) is 14.0 Å². The van der Waals surface area contributed by atoms with Crippen LogP contribution in [0.3, 0.4) is 0 Å². The second-order valence-corrected chi connectivity index (χ2v) is 7.07. The van der Waals surface area contributed by atoms with Gasteiger partial charge in [-0.15, -0.1) is 0 Å². The summed E-state index contributed by atoms with van der Waals surface area (Å²) in [5.74, 6) is -0.769. The SMILES string of the molecule is O=C(Nc1ccccc1)C1CC1C(=O)N1CCN(c2ccccc2F)CC1. The molecule has 2 unspecified atom stereocenters. The molecule has 2 aromatic rings. The number of carbonyl (C=O) groups is 2. The van der Waals surface area contributed by atoms with Crippen LogP contribution in [0.2, 0.25) is 0 Å². The van der Waals surface area contributed by atoms with E-state index in [0.29, 0.717) is 38.3 Å². The van der Waals surface area contributed by atoms with Gasteiger partial charge in [0.05, 0.1) is 17.5 Å². The first-order chi connectivity index (χ1) is 13.1. The molecule has 1 N–H and O–H groups in total. The lowest BCUT2D eigenvalue weighted by molar-refractivity contribution is -0.134. The van der Waals surface area contributed by atoms with Crippen LogP contribution in [0.1, 0.15) is 6.42 Å². The molecular formula is C21H22FN3O2. The second-order valence-electron chi connectivity index (χ2n) is 7.07. The number of halogens is 1. The lowest BCUT2D eigenvalue weighted by Crippen LogP contribution is -2.49. The van der Waals surface area contributed by atoms with Crippen LogP contribution in [0, 0.1) is 17.7 Å². The summed E-state index contributed by atoms with van der Waals surface area (Å²) in [6.45, 7) is 2.30. The predicted molar refractivity (Wildman–Crippen MR) is 102 cm³/mol. The Morgan fingerprint density at radius 2 is 1.56 bits per heavy atom. The van der Waals surface area contributed by atoms with E-state index in [2.05, 4.69) is 5.32 Å². The quantitative estimate of drug-likeness (QED) is 0.904. The maximum atomic E-state index is 13.9. The summed E-state index contributed by atoms with van der Waals surface area (Å²) in [4.78, 5) is 28.8. The molecule has 0 bridgehead atoms. The van der Waals surface area contributed by atoms with Crippen LogP contribution in [0.4, 0.5) is 15.8 Å². The van der Waals surface area contributed by atoms with Crippen LogP contribution in [-0.2, 0) is 9.59 Å². The van der Waals surface area contributed by atoms with Crippen LogP contribution < -0.4 is 10.2 Å². The fourth-order valence-electron chi connectivity index (χ4n) is 3.62. The molecule has 0 aromatic heterocycles. The number of hydrogen-bond acceptors (Lipinski definition) is 3. The van der Waals surface area contributed by atoms with Crippen molar-refractivity contribution >= 4 is 23.2 Å². The molecule has 1 saturated carbocycles. The molecule has 0 radical (unpaired) electrons. The minimum absolute atomic E-state index is 0.0383. The fraction of sp³-hybridized carbons (Fsp3) is 0.333. The molecule has 6 heteroatoms. The number of carbonyl (C=O) groups excluding carboxylic acids is 2. The molecule has 0 spiro atoms. The molecule has 140 valence electrons. The number of anilines is 2.